The largest absolute Gasteiger partial charge is 0.504 e. The highest BCUT2D eigenvalue weighted by Gasteiger charge is 2.13. The van der Waals surface area contributed by atoms with Crippen LogP contribution in [0.2, 0.25) is 0 Å². The normalized spacial score (nSPS) is 13.0. The van der Waals surface area contributed by atoms with Crippen LogP contribution in [0.15, 0.2) is 6.08 Å². The molecule has 0 atom stereocenters. The summed E-state index contributed by atoms with van der Waals surface area (Å²) in [7, 11) is 0. The van der Waals surface area contributed by atoms with Crippen molar-refractivity contribution in [3.63, 3.8) is 0 Å². The van der Waals surface area contributed by atoms with Gasteiger partial charge in [-0.2, -0.15) is 0 Å². The first-order valence-corrected chi connectivity index (χ1v) is 2.50. The van der Waals surface area contributed by atoms with Gasteiger partial charge in [-0.15, -0.1) is 0 Å². The van der Waals surface area contributed by atoms with E-state index in [1.807, 2.05) is 0 Å². The zero-order valence-electron chi connectivity index (χ0n) is 3.16. The van der Waals surface area contributed by atoms with E-state index in [0.717, 1.165) is 6.08 Å². The van der Waals surface area contributed by atoms with Crippen LogP contribution in [0.4, 0.5) is 0 Å². The third-order valence-corrected chi connectivity index (χ3v) is 0.556. The van der Waals surface area contributed by atoms with Gasteiger partial charge < -0.3 is 5.11 Å². The van der Waals surface area contributed by atoms with Crippen molar-refractivity contribution >= 4 is 34.8 Å². The first-order chi connectivity index (χ1) is 3.06. The summed E-state index contributed by atoms with van der Waals surface area (Å²) in [6.45, 7) is 0. The highest BCUT2D eigenvalue weighted by Crippen LogP contribution is 2.26. The molecule has 0 aliphatic rings. The van der Waals surface area contributed by atoms with E-state index in [1.54, 1.807) is 6.26 Å². The fraction of sp³-hybridized carbons (Fsp3) is 0.333. The monoisotopic (exact) mass is 159 g/mol. The maximum atomic E-state index is 7.84. The molecule has 0 aromatic rings. The van der Waals surface area contributed by atoms with Crippen molar-refractivity contribution in [2.24, 2.45) is 0 Å². The van der Waals surface area contributed by atoms with Crippen molar-refractivity contribution in [2.45, 2.75) is 3.79 Å². The van der Waals surface area contributed by atoms with Crippen molar-refractivity contribution in [3.05, 3.63) is 12.3 Å². The van der Waals surface area contributed by atoms with Crippen LogP contribution < -0.4 is 0 Å². The molecular weight excluding hydrogens is 158 g/mol. The highest BCUT2D eigenvalue weighted by molar-refractivity contribution is 6.68. The Bertz CT molecular complexity index is 72.7. The van der Waals surface area contributed by atoms with Gasteiger partial charge in [-0.3, -0.25) is 0 Å². The highest BCUT2D eigenvalue weighted by atomic mass is 35.6. The molecular formula is C3H2Cl3O. The van der Waals surface area contributed by atoms with Gasteiger partial charge >= 0.3 is 0 Å². The van der Waals surface area contributed by atoms with Gasteiger partial charge in [0.2, 0.25) is 3.79 Å². The topological polar surface area (TPSA) is 20.2 Å². The Morgan fingerprint density at radius 3 is 1.86 bits per heavy atom. The molecule has 1 radical (unpaired) electrons. The lowest BCUT2D eigenvalue weighted by molar-refractivity contribution is 0.440. The van der Waals surface area contributed by atoms with Gasteiger partial charge in [-0.05, 0) is 0 Å². The second-order valence-electron chi connectivity index (χ2n) is 0.815. The lowest BCUT2D eigenvalue weighted by Gasteiger charge is -1.97. The molecule has 0 amide bonds. The zero-order valence-corrected chi connectivity index (χ0v) is 5.43. The van der Waals surface area contributed by atoms with Crippen LogP contribution in [0.1, 0.15) is 0 Å². The van der Waals surface area contributed by atoms with Crippen molar-refractivity contribution in [2.75, 3.05) is 0 Å². The van der Waals surface area contributed by atoms with Gasteiger partial charge in [0.1, 0.15) is 0 Å². The molecule has 0 unspecified atom stereocenters. The van der Waals surface area contributed by atoms with Gasteiger partial charge in [0.25, 0.3) is 0 Å². The van der Waals surface area contributed by atoms with E-state index in [9.17, 15) is 0 Å². The molecule has 41 valence electrons. The molecule has 0 aliphatic carbocycles. The second-order valence-corrected chi connectivity index (χ2v) is 3.18. The number of hydrogen-bond donors (Lipinski definition) is 1. The summed E-state index contributed by atoms with van der Waals surface area (Å²) < 4.78 is -1.52. The average Bonchev–Trinajstić information content (AvgIpc) is 1.30. The standard InChI is InChI=1S/C3H2Cl3O/c4-3(5,6)1-2-7/h1,7H. The van der Waals surface area contributed by atoms with E-state index < -0.39 is 3.79 Å². The summed E-state index contributed by atoms with van der Waals surface area (Å²) >= 11 is 15.3. The Morgan fingerprint density at radius 1 is 1.43 bits per heavy atom. The van der Waals surface area contributed by atoms with Gasteiger partial charge in [0.05, 0.1) is 0 Å². The van der Waals surface area contributed by atoms with Crippen molar-refractivity contribution in [1.82, 2.24) is 0 Å². The van der Waals surface area contributed by atoms with E-state index in [2.05, 4.69) is 0 Å². The van der Waals surface area contributed by atoms with Gasteiger partial charge in [-0.1, -0.05) is 34.8 Å². The fourth-order valence-corrected chi connectivity index (χ4v) is 0.220. The fourth-order valence-electron chi connectivity index (χ4n) is 0.0732. The molecule has 0 heterocycles. The minimum absolute atomic E-state index is 0.914. The SMILES string of the molecule is O[C]=CC(Cl)(Cl)Cl. The number of allylic oxidation sites excluding steroid dienone is 1. The predicted octanol–water partition coefficient (Wildman–Crippen LogP) is 2.23. The molecule has 0 aromatic carbocycles. The van der Waals surface area contributed by atoms with Crippen LogP contribution in [0.5, 0.6) is 0 Å². The molecule has 0 saturated heterocycles. The van der Waals surface area contributed by atoms with Gasteiger partial charge in [0.15, 0.2) is 6.26 Å². The lowest BCUT2D eigenvalue weighted by Crippen LogP contribution is -1.93. The van der Waals surface area contributed by atoms with Crippen LogP contribution in [0.25, 0.3) is 0 Å². The Labute approximate surface area is 56.5 Å². The van der Waals surface area contributed by atoms with Crippen molar-refractivity contribution < 1.29 is 5.11 Å². The summed E-state index contributed by atoms with van der Waals surface area (Å²) in [4.78, 5) is 0. The van der Waals surface area contributed by atoms with Crippen LogP contribution in [-0.2, 0) is 0 Å². The van der Waals surface area contributed by atoms with E-state index in [1.165, 1.54) is 0 Å². The van der Waals surface area contributed by atoms with Crippen LogP contribution in [0.3, 0.4) is 0 Å². The number of rotatable bonds is 0. The smallest absolute Gasteiger partial charge is 0.213 e. The molecule has 1 N–H and O–H groups in total. The third-order valence-electron chi connectivity index (χ3n) is 0.228. The number of aliphatic hydroxyl groups is 1. The maximum absolute atomic E-state index is 7.84. The summed E-state index contributed by atoms with van der Waals surface area (Å²) in [5, 5.41) is 7.84. The maximum Gasteiger partial charge on any atom is 0.213 e. The molecule has 1 nitrogen and oxygen atoms in total. The molecule has 0 aromatic heterocycles. The molecule has 0 spiro atoms. The van der Waals surface area contributed by atoms with Gasteiger partial charge in [-0.25, -0.2) is 0 Å². The quantitative estimate of drug-likeness (QED) is 0.426. The molecule has 0 saturated carbocycles. The molecule has 0 bridgehead atoms. The molecule has 0 aliphatic heterocycles. The Hall–Kier alpha value is 0.410. The number of aliphatic hydroxyl groups excluding tert-OH is 1. The minimum Gasteiger partial charge on any atom is -0.504 e. The predicted molar refractivity (Wildman–Crippen MR) is 30.7 cm³/mol. The van der Waals surface area contributed by atoms with E-state index in [4.69, 9.17) is 39.9 Å². The number of halogens is 3. The summed E-state index contributed by atoms with van der Waals surface area (Å²) in [6, 6.07) is 0. The van der Waals surface area contributed by atoms with Crippen LogP contribution in [0, 0.1) is 6.26 Å². The van der Waals surface area contributed by atoms with Gasteiger partial charge in [0, 0.05) is 6.08 Å². The summed E-state index contributed by atoms with van der Waals surface area (Å²) in [6.07, 6.45) is 2.50. The summed E-state index contributed by atoms with van der Waals surface area (Å²) in [5.74, 6) is 0. The minimum atomic E-state index is -1.52. The Balaban J connectivity index is 3.56. The molecule has 0 fully saturated rings. The Morgan fingerprint density at radius 2 is 1.86 bits per heavy atom. The van der Waals surface area contributed by atoms with Crippen molar-refractivity contribution in [1.29, 1.82) is 0 Å². The molecule has 7 heavy (non-hydrogen) atoms. The lowest BCUT2D eigenvalue weighted by atomic mass is 10.7. The first kappa shape index (κ1) is 7.41. The van der Waals surface area contributed by atoms with E-state index >= 15 is 0 Å². The molecule has 4 heteroatoms. The number of alkyl halides is 3. The first-order valence-electron chi connectivity index (χ1n) is 1.37. The zero-order chi connectivity index (χ0) is 5.91. The third kappa shape index (κ3) is 6.41. The van der Waals surface area contributed by atoms with E-state index in [-0.39, 0.29) is 0 Å². The van der Waals surface area contributed by atoms with Crippen LogP contribution >= 0.6 is 34.8 Å². The average molecular weight is 160 g/mol. The molecule has 0 rings (SSSR count). The Kier molecular flexibility index (Phi) is 2.81. The van der Waals surface area contributed by atoms with E-state index in [0.29, 0.717) is 0 Å². The van der Waals surface area contributed by atoms with Crippen LogP contribution in [-0.4, -0.2) is 8.90 Å². The number of hydrogen-bond acceptors (Lipinski definition) is 1. The summed E-state index contributed by atoms with van der Waals surface area (Å²) in [5.41, 5.74) is 0. The van der Waals surface area contributed by atoms with Crippen molar-refractivity contribution in [3.8, 4) is 0 Å². The second kappa shape index (κ2) is 2.65.